The Morgan fingerprint density at radius 2 is 1.90 bits per heavy atom. The van der Waals surface area contributed by atoms with Gasteiger partial charge in [0.15, 0.2) is 0 Å². The summed E-state index contributed by atoms with van der Waals surface area (Å²) >= 11 is 1.87. The SMILES string of the molecule is Cc1cc(C(F)(F)F)ccc1C(N)CSC1CCCCC1. The molecule has 1 unspecified atom stereocenters. The molecule has 2 rings (SSSR count). The molecule has 0 spiro atoms. The minimum absolute atomic E-state index is 0.195. The van der Waals surface area contributed by atoms with Crippen molar-refractivity contribution in [3.63, 3.8) is 0 Å². The predicted octanol–water partition coefficient (Wildman–Crippen LogP) is 5.08. The van der Waals surface area contributed by atoms with E-state index < -0.39 is 11.7 Å². The van der Waals surface area contributed by atoms with Crippen molar-refractivity contribution in [3.05, 3.63) is 34.9 Å². The third-order valence-electron chi connectivity index (χ3n) is 4.06. The van der Waals surface area contributed by atoms with Crippen LogP contribution in [-0.4, -0.2) is 11.0 Å². The van der Waals surface area contributed by atoms with Gasteiger partial charge in [-0.3, -0.25) is 0 Å². The van der Waals surface area contributed by atoms with E-state index in [0.29, 0.717) is 10.8 Å². The maximum Gasteiger partial charge on any atom is 0.416 e. The Balaban J connectivity index is 1.97. The topological polar surface area (TPSA) is 26.0 Å². The first-order valence-corrected chi connectivity index (χ1v) is 8.47. The van der Waals surface area contributed by atoms with Crippen LogP contribution in [0, 0.1) is 6.92 Å². The van der Waals surface area contributed by atoms with E-state index in [1.165, 1.54) is 44.2 Å². The van der Waals surface area contributed by atoms with Crippen LogP contribution in [-0.2, 0) is 6.18 Å². The van der Waals surface area contributed by atoms with Gasteiger partial charge in [0.05, 0.1) is 5.56 Å². The van der Waals surface area contributed by atoms with E-state index in [1.54, 1.807) is 6.92 Å². The first kappa shape index (κ1) is 16.7. The smallest absolute Gasteiger partial charge is 0.323 e. The molecule has 0 aromatic heterocycles. The van der Waals surface area contributed by atoms with Crippen molar-refractivity contribution in [2.45, 2.75) is 56.5 Å². The molecule has 1 aliphatic rings. The molecule has 0 aliphatic heterocycles. The van der Waals surface area contributed by atoms with E-state index in [-0.39, 0.29) is 6.04 Å². The lowest BCUT2D eigenvalue weighted by Crippen LogP contribution is -2.18. The highest BCUT2D eigenvalue weighted by Crippen LogP contribution is 2.33. The third-order valence-corrected chi connectivity index (χ3v) is 5.55. The predicted molar refractivity (Wildman–Crippen MR) is 82.4 cm³/mol. The molecular formula is C16H22F3NS. The minimum atomic E-state index is -4.29. The Kier molecular flexibility index (Phi) is 5.60. The first-order chi connectivity index (χ1) is 9.88. The van der Waals surface area contributed by atoms with Crippen molar-refractivity contribution in [1.82, 2.24) is 0 Å². The lowest BCUT2D eigenvalue weighted by Gasteiger charge is -2.23. The Labute approximate surface area is 128 Å². The van der Waals surface area contributed by atoms with E-state index in [1.807, 2.05) is 11.8 Å². The van der Waals surface area contributed by atoms with E-state index >= 15 is 0 Å². The van der Waals surface area contributed by atoms with Gasteiger partial charge in [0.25, 0.3) is 0 Å². The first-order valence-electron chi connectivity index (χ1n) is 7.43. The van der Waals surface area contributed by atoms with Gasteiger partial charge < -0.3 is 5.73 Å². The summed E-state index contributed by atoms with van der Waals surface area (Å²) in [5.41, 5.74) is 7.02. The van der Waals surface area contributed by atoms with Gasteiger partial charge in [-0.25, -0.2) is 0 Å². The zero-order valence-corrected chi connectivity index (χ0v) is 13.1. The number of rotatable bonds is 4. The highest BCUT2D eigenvalue weighted by atomic mass is 32.2. The van der Waals surface area contributed by atoms with Crippen molar-refractivity contribution in [3.8, 4) is 0 Å². The van der Waals surface area contributed by atoms with Crippen LogP contribution in [0.5, 0.6) is 0 Å². The normalized spacial score (nSPS) is 18.7. The van der Waals surface area contributed by atoms with E-state index in [2.05, 4.69) is 0 Å². The molecule has 1 atom stereocenters. The van der Waals surface area contributed by atoms with Crippen LogP contribution in [0.2, 0.25) is 0 Å². The van der Waals surface area contributed by atoms with Crippen LogP contribution < -0.4 is 5.73 Å². The van der Waals surface area contributed by atoms with Crippen LogP contribution in [0.4, 0.5) is 13.2 Å². The average molecular weight is 317 g/mol. The van der Waals surface area contributed by atoms with Gasteiger partial charge in [-0.2, -0.15) is 24.9 Å². The number of nitrogens with two attached hydrogens (primary N) is 1. The summed E-state index contributed by atoms with van der Waals surface area (Å²) in [6, 6.07) is 3.66. The molecular weight excluding hydrogens is 295 g/mol. The van der Waals surface area contributed by atoms with E-state index in [0.717, 1.165) is 17.4 Å². The van der Waals surface area contributed by atoms with Crippen molar-refractivity contribution >= 4 is 11.8 Å². The number of thioether (sulfide) groups is 1. The van der Waals surface area contributed by atoms with Crippen molar-refractivity contribution in [1.29, 1.82) is 0 Å². The summed E-state index contributed by atoms with van der Waals surface area (Å²) in [6.45, 7) is 1.70. The summed E-state index contributed by atoms with van der Waals surface area (Å²) in [5, 5.41) is 0.666. The monoisotopic (exact) mass is 317 g/mol. The van der Waals surface area contributed by atoms with Gasteiger partial charge in [-0.05, 0) is 43.0 Å². The molecule has 2 N–H and O–H groups in total. The fourth-order valence-corrected chi connectivity index (χ4v) is 4.16. The van der Waals surface area contributed by atoms with E-state index in [4.69, 9.17) is 5.73 Å². The largest absolute Gasteiger partial charge is 0.416 e. The molecule has 1 aromatic carbocycles. The summed E-state index contributed by atoms with van der Waals surface area (Å²) in [4.78, 5) is 0. The van der Waals surface area contributed by atoms with Gasteiger partial charge in [0, 0.05) is 17.0 Å². The molecule has 1 fully saturated rings. The van der Waals surface area contributed by atoms with Crippen LogP contribution in [0.3, 0.4) is 0 Å². The zero-order valence-electron chi connectivity index (χ0n) is 12.2. The second-order valence-corrected chi connectivity index (χ2v) is 7.10. The second-order valence-electron chi connectivity index (χ2n) is 5.77. The standard InChI is InChI=1S/C16H22F3NS/c1-11-9-12(16(17,18)19)7-8-14(11)15(20)10-21-13-5-3-2-4-6-13/h7-9,13,15H,2-6,10,20H2,1H3. The van der Waals surface area contributed by atoms with Crippen LogP contribution in [0.25, 0.3) is 0 Å². The lowest BCUT2D eigenvalue weighted by molar-refractivity contribution is -0.137. The molecule has 1 saturated carbocycles. The molecule has 1 aromatic rings. The van der Waals surface area contributed by atoms with Crippen LogP contribution >= 0.6 is 11.8 Å². The summed E-state index contributed by atoms with van der Waals surface area (Å²) < 4.78 is 38.0. The number of hydrogen-bond donors (Lipinski definition) is 1. The van der Waals surface area contributed by atoms with Gasteiger partial charge >= 0.3 is 6.18 Å². The van der Waals surface area contributed by atoms with Crippen molar-refractivity contribution < 1.29 is 13.2 Å². The van der Waals surface area contributed by atoms with Crippen molar-refractivity contribution in [2.24, 2.45) is 5.73 Å². The molecule has 0 saturated heterocycles. The molecule has 0 amide bonds. The van der Waals surface area contributed by atoms with Gasteiger partial charge in [-0.1, -0.05) is 25.3 Å². The molecule has 1 aliphatic carbocycles. The maximum absolute atomic E-state index is 12.7. The Bertz CT molecular complexity index is 467. The Morgan fingerprint density at radius 3 is 2.48 bits per heavy atom. The molecule has 1 nitrogen and oxygen atoms in total. The number of aryl methyl sites for hydroxylation is 1. The zero-order chi connectivity index (χ0) is 15.5. The van der Waals surface area contributed by atoms with Gasteiger partial charge in [-0.15, -0.1) is 0 Å². The Morgan fingerprint density at radius 1 is 1.24 bits per heavy atom. The van der Waals surface area contributed by atoms with Crippen molar-refractivity contribution in [2.75, 3.05) is 5.75 Å². The van der Waals surface area contributed by atoms with Crippen LogP contribution in [0.15, 0.2) is 18.2 Å². The van der Waals surface area contributed by atoms with Crippen LogP contribution in [0.1, 0.15) is 54.8 Å². The molecule has 21 heavy (non-hydrogen) atoms. The number of halogens is 3. The highest BCUT2D eigenvalue weighted by molar-refractivity contribution is 7.99. The number of alkyl halides is 3. The summed E-state index contributed by atoms with van der Waals surface area (Å²) in [5.74, 6) is 0.775. The number of hydrogen-bond acceptors (Lipinski definition) is 2. The van der Waals surface area contributed by atoms with Gasteiger partial charge in [0.1, 0.15) is 0 Å². The Hall–Kier alpha value is -0.680. The molecule has 0 radical (unpaired) electrons. The molecule has 0 heterocycles. The second kappa shape index (κ2) is 7.05. The lowest BCUT2D eigenvalue weighted by atomic mass is 10.00. The molecule has 5 heteroatoms. The quantitative estimate of drug-likeness (QED) is 0.838. The number of benzene rings is 1. The minimum Gasteiger partial charge on any atom is -0.323 e. The third kappa shape index (κ3) is 4.65. The fourth-order valence-electron chi connectivity index (χ4n) is 2.83. The maximum atomic E-state index is 12.7. The average Bonchev–Trinajstić information content (AvgIpc) is 2.45. The highest BCUT2D eigenvalue weighted by Gasteiger charge is 2.31. The molecule has 0 bridgehead atoms. The summed E-state index contributed by atoms with van der Waals surface area (Å²) in [7, 11) is 0. The molecule has 118 valence electrons. The fraction of sp³-hybridized carbons (Fsp3) is 0.625. The van der Waals surface area contributed by atoms with Gasteiger partial charge in [0.2, 0.25) is 0 Å². The summed E-state index contributed by atoms with van der Waals surface area (Å²) in [6.07, 6.45) is 2.08. The van der Waals surface area contributed by atoms with E-state index in [9.17, 15) is 13.2 Å².